The molecule has 0 saturated heterocycles. The third-order valence-electron chi connectivity index (χ3n) is 2.83. The van der Waals surface area contributed by atoms with E-state index in [4.69, 9.17) is 0 Å². The van der Waals surface area contributed by atoms with Crippen molar-refractivity contribution in [1.82, 2.24) is 15.5 Å². The van der Waals surface area contributed by atoms with Crippen LogP contribution in [0.4, 0.5) is 5.69 Å². The molecule has 2 N–H and O–H groups in total. The van der Waals surface area contributed by atoms with Crippen LogP contribution in [0.25, 0.3) is 0 Å². The number of rotatable bonds is 6. The van der Waals surface area contributed by atoms with E-state index in [-0.39, 0.29) is 17.3 Å². The molecule has 0 aliphatic heterocycles. The molecule has 0 saturated carbocycles. The Morgan fingerprint density at radius 3 is 2.71 bits per heavy atom. The fourth-order valence-corrected chi connectivity index (χ4v) is 2.34. The molecular weight excluding hydrogens is 292 g/mol. The molecule has 110 valence electrons. The van der Waals surface area contributed by atoms with Crippen LogP contribution < -0.4 is 5.32 Å². The second-order valence-corrected chi connectivity index (χ2v) is 5.39. The molecule has 7 nitrogen and oxygen atoms in total. The number of hydrogen-bond acceptors (Lipinski definition) is 5. The second kappa shape index (κ2) is 6.89. The number of hydrogen-bond donors (Lipinski definition) is 2. The van der Waals surface area contributed by atoms with Gasteiger partial charge in [-0.15, -0.1) is 11.8 Å². The number of nitrogens with zero attached hydrogens (tertiary/aromatic N) is 2. The van der Waals surface area contributed by atoms with Gasteiger partial charge in [-0.05, 0) is 19.1 Å². The van der Waals surface area contributed by atoms with Crippen LogP contribution in [0.3, 0.4) is 0 Å². The van der Waals surface area contributed by atoms with Crippen molar-refractivity contribution in [1.29, 1.82) is 0 Å². The Kier molecular flexibility index (Phi) is 4.94. The molecule has 0 unspecified atom stereocenters. The summed E-state index contributed by atoms with van der Waals surface area (Å²) in [7, 11) is 0. The lowest BCUT2D eigenvalue weighted by molar-refractivity contribution is -0.384. The molecule has 0 radical (unpaired) electrons. The number of nitro groups is 1. The molecule has 0 fully saturated rings. The molecule has 0 atom stereocenters. The highest BCUT2D eigenvalue weighted by Crippen LogP contribution is 2.21. The first-order chi connectivity index (χ1) is 10.1. The van der Waals surface area contributed by atoms with E-state index in [0.29, 0.717) is 6.54 Å². The van der Waals surface area contributed by atoms with Gasteiger partial charge in [-0.2, -0.15) is 5.10 Å². The molecule has 0 spiro atoms. The van der Waals surface area contributed by atoms with Crippen LogP contribution in [0.15, 0.2) is 35.4 Å². The van der Waals surface area contributed by atoms with Gasteiger partial charge in [-0.3, -0.25) is 20.0 Å². The first kappa shape index (κ1) is 15.0. The largest absolute Gasteiger partial charge is 0.351 e. The molecule has 1 aromatic carbocycles. The molecule has 1 aromatic heterocycles. The summed E-state index contributed by atoms with van der Waals surface area (Å²) < 4.78 is 0. The zero-order chi connectivity index (χ0) is 15.2. The van der Waals surface area contributed by atoms with E-state index in [2.05, 4.69) is 15.5 Å². The number of aromatic nitrogens is 2. The Bertz CT molecular complexity index is 639. The molecule has 2 rings (SSSR count). The summed E-state index contributed by atoms with van der Waals surface area (Å²) >= 11 is 1.33. The Morgan fingerprint density at radius 2 is 2.14 bits per heavy atom. The lowest BCUT2D eigenvalue weighted by Gasteiger charge is -2.04. The van der Waals surface area contributed by atoms with Crippen molar-refractivity contribution in [2.75, 3.05) is 5.75 Å². The molecule has 1 amide bonds. The monoisotopic (exact) mass is 306 g/mol. The van der Waals surface area contributed by atoms with E-state index < -0.39 is 4.92 Å². The number of non-ortho nitro benzene ring substituents is 1. The first-order valence-electron chi connectivity index (χ1n) is 6.19. The average Bonchev–Trinajstić information content (AvgIpc) is 2.88. The number of thioether (sulfide) groups is 1. The van der Waals surface area contributed by atoms with Crippen LogP contribution in [-0.2, 0) is 11.3 Å². The van der Waals surface area contributed by atoms with Gasteiger partial charge in [-0.1, -0.05) is 0 Å². The average molecular weight is 306 g/mol. The van der Waals surface area contributed by atoms with E-state index in [1.54, 1.807) is 18.3 Å². The minimum absolute atomic E-state index is 0.0410. The summed E-state index contributed by atoms with van der Waals surface area (Å²) in [6, 6.07) is 6.12. The van der Waals surface area contributed by atoms with Gasteiger partial charge in [0.05, 0.1) is 16.9 Å². The van der Waals surface area contributed by atoms with Gasteiger partial charge < -0.3 is 5.32 Å². The van der Waals surface area contributed by atoms with Crippen molar-refractivity contribution in [3.05, 3.63) is 51.8 Å². The number of amides is 1. The van der Waals surface area contributed by atoms with Crippen molar-refractivity contribution < 1.29 is 9.72 Å². The molecule has 0 aliphatic rings. The summed E-state index contributed by atoms with van der Waals surface area (Å²) in [5.41, 5.74) is 1.92. The number of aryl methyl sites for hydroxylation is 1. The van der Waals surface area contributed by atoms with Gasteiger partial charge >= 0.3 is 0 Å². The number of carbonyl (C=O) groups excluding carboxylic acids is 1. The third kappa shape index (κ3) is 4.32. The Balaban J connectivity index is 1.78. The first-order valence-corrected chi connectivity index (χ1v) is 7.17. The molecule has 8 heteroatoms. The Morgan fingerprint density at radius 1 is 1.43 bits per heavy atom. The molecule has 0 bridgehead atoms. The normalized spacial score (nSPS) is 10.3. The summed E-state index contributed by atoms with van der Waals surface area (Å²) in [5.74, 6) is 0.160. The number of nitrogens with one attached hydrogen (secondary N) is 2. The second-order valence-electron chi connectivity index (χ2n) is 4.34. The zero-order valence-corrected chi connectivity index (χ0v) is 12.1. The predicted octanol–water partition coefficient (Wildman–Crippen LogP) is 2.03. The Labute approximate surface area is 125 Å². The smallest absolute Gasteiger partial charge is 0.269 e. The van der Waals surface area contributed by atoms with E-state index in [9.17, 15) is 14.9 Å². The molecule has 1 heterocycles. The topological polar surface area (TPSA) is 101 Å². The minimum atomic E-state index is -0.450. The molecule has 0 aliphatic carbocycles. The molecule has 21 heavy (non-hydrogen) atoms. The fraction of sp³-hybridized carbons (Fsp3) is 0.231. The SMILES string of the molecule is Cc1[nH]ncc1CNC(=O)CSc1ccc([N+](=O)[O-])cc1. The van der Waals surface area contributed by atoms with Crippen LogP contribution >= 0.6 is 11.8 Å². The highest BCUT2D eigenvalue weighted by atomic mass is 32.2. The van der Waals surface area contributed by atoms with E-state index >= 15 is 0 Å². The van der Waals surface area contributed by atoms with E-state index in [1.807, 2.05) is 6.92 Å². The van der Waals surface area contributed by atoms with Gasteiger partial charge in [-0.25, -0.2) is 0 Å². The maximum absolute atomic E-state index is 11.7. The van der Waals surface area contributed by atoms with Gasteiger partial charge in [0.1, 0.15) is 0 Å². The molecule has 2 aromatic rings. The van der Waals surface area contributed by atoms with E-state index in [1.165, 1.54) is 23.9 Å². The van der Waals surface area contributed by atoms with Crippen molar-refractivity contribution in [2.24, 2.45) is 0 Å². The lowest BCUT2D eigenvalue weighted by Crippen LogP contribution is -2.24. The number of aromatic amines is 1. The van der Waals surface area contributed by atoms with Gasteiger partial charge in [0.2, 0.25) is 5.91 Å². The summed E-state index contributed by atoms with van der Waals surface area (Å²) in [4.78, 5) is 22.6. The van der Waals surface area contributed by atoms with Crippen molar-refractivity contribution in [3.8, 4) is 0 Å². The van der Waals surface area contributed by atoms with Crippen LogP contribution in [0.5, 0.6) is 0 Å². The van der Waals surface area contributed by atoms with Crippen LogP contribution in [0.1, 0.15) is 11.3 Å². The number of carbonyl (C=O) groups is 1. The Hall–Kier alpha value is -2.35. The number of nitro benzene ring substituents is 1. The fourth-order valence-electron chi connectivity index (χ4n) is 1.61. The molecular formula is C13H14N4O3S. The maximum Gasteiger partial charge on any atom is 0.269 e. The van der Waals surface area contributed by atoms with Gasteiger partial charge in [0, 0.05) is 34.8 Å². The predicted molar refractivity (Wildman–Crippen MR) is 79.0 cm³/mol. The zero-order valence-electron chi connectivity index (χ0n) is 11.3. The number of benzene rings is 1. The highest BCUT2D eigenvalue weighted by Gasteiger charge is 2.07. The summed E-state index contributed by atoms with van der Waals surface area (Å²) in [6.07, 6.45) is 1.68. The van der Waals surface area contributed by atoms with Crippen LogP contribution in [-0.4, -0.2) is 26.8 Å². The van der Waals surface area contributed by atoms with Gasteiger partial charge in [0.15, 0.2) is 0 Å². The van der Waals surface area contributed by atoms with Crippen molar-refractivity contribution in [3.63, 3.8) is 0 Å². The number of H-pyrrole nitrogens is 1. The van der Waals surface area contributed by atoms with Crippen molar-refractivity contribution in [2.45, 2.75) is 18.4 Å². The van der Waals surface area contributed by atoms with Crippen molar-refractivity contribution >= 4 is 23.4 Å². The van der Waals surface area contributed by atoms with Gasteiger partial charge in [0.25, 0.3) is 5.69 Å². The van der Waals surface area contributed by atoms with Crippen LogP contribution in [0.2, 0.25) is 0 Å². The summed E-state index contributed by atoms with van der Waals surface area (Å²) in [6.45, 7) is 2.32. The maximum atomic E-state index is 11.7. The third-order valence-corrected chi connectivity index (χ3v) is 3.84. The highest BCUT2D eigenvalue weighted by molar-refractivity contribution is 8.00. The minimum Gasteiger partial charge on any atom is -0.351 e. The quantitative estimate of drug-likeness (QED) is 0.483. The van der Waals surface area contributed by atoms with Crippen LogP contribution in [0, 0.1) is 17.0 Å². The standard InChI is InChI=1S/C13H14N4O3S/c1-9-10(7-15-16-9)6-14-13(18)8-21-12-4-2-11(3-5-12)17(19)20/h2-5,7H,6,8H2,1H3,(H,14,18)(H,15,16). The lowest BCUT2D eigenvalue weighted by atomic mass is 10.3. The summed E-state index contributed by atoms with van der Waals surface area (Å²) in [5, 5.41) is 20.0. The van der Waals surface area contributed by atoms with E-state index in [0.717, 1.165) is 16.2 Å².